The van der Waals surface area contributed by atoms with Crippen LogP contribution in [0.4, 0.5) is 11.4 Å². The molecule has 0 saturated carbocycles. The number of carbonyl (C=O) groups excluding carboxylic acids is 3. The van der Waals surface area contributed by atoms with E-state index in [2.05, 4.69) is 5.32 Å². The number of amides is 3. The predicted octanol–water partition coefficient (Wildman–Crippen LogP) is -0.0444. The number of likely N-dealkylation sites (tertiary alicyclic amines) is 1. The quantitative estimate of drug-likeness (QED) is 0.770. The number of anilines is 2. The molecule has 0 radical (unpaired) electrons. The average molecular weight is 302 g/mol. The molecular formula is C16H20N3O3+. The number of nitrogens with one attached hydrogen (secondary N) is 2. The summed E-state index contributed by atoms with van der Waals surface area (Å²) in [6, 6.07) is 6.57. The summed E-state index contributed by atoms with van der Waals surface area (Å²) < 4.78 is 0. The van der Waals surface area contributed by atoms with Crippen LogP contribution in [0.15, 0.2) is 24.3 Å². The second kappa shape index (κ2) is 5.88. The Labute approximate surface area is 129 Å². The molecule has 1 aromatic carbocycles. The Hall–Kier alpha value is -2.21. The van der Waals surface area contributed by atoms with Gasteiger partial charge in [0, 0.05) is 25.5 Å². The van der Waals surface area contributed by atoms with Crippen LogP contribution in [0.25, 0.3) is 0 Å². The lowest BCUT2D eigenvalue weighted by Crippen LogP contribution is -3.14. The Balaban J connectivity index is 1.77. The van der Waals surface area contributed by atoms with Crippen molar-refractivity contribution in [3.8, 4) is 0 Å². The molecule has 0 bridgehead atoms. The van der Waals surface area contributed by atoms with E-state index in [1.165, 1.54) is 16.7 Å². The monoisotopic (exact) mass is 302 g/mol. The van der Waals surface area contributed by atoms with E-state index in [-0.39, 0.29) is 23.8 Å². The summed E-state index contributed by atoms with van der Waals surface area (Å²) in [5.74, 6) is -0.394. The van der Waals surface area contributed by atoms with Crippen LogP contribution in [-0.2, 0) is 14.4 Å². The predicted molar refractivity (Wildman–Crippen MR) is 81.6 cm³/mol. The first kappa shape index (κ1) is 14.7. The molecule has 2 aliphatic rings. The molecule has 2 saturated heterocycles. The normalized spacial score (nSPS) is 22.4. The van der Waals surface area contributed by atoms with Gasteiger partial charge in [0.05, 0.1) is 25.2 Å². The molecule has 2 aliphatic heterocycles. The fourth-order valence-electron chi connectivity index (χ4n) is 3.30. The van der Waals surface area contributed by atoms with Crippen molar-refractivity contribution >= 4 is 29.1 Å². The topological polar surface area (TPSA) is 70.9 Å². The smallest absolute Gasteiger partial charge is 0.292 e. The molecule has 0 aliphatic carbocycles. The van der Waals surface area contributed by atoms with Crippen LogP contribution in [0.5, 0.6) is 0 Å². The van der Waals surface area contributed by atoms with Gasteiger partial charge >= 0.3 is 0 Å². The van der Waals surface area contributed by atoms with Gasteiger partial charge in [-0.15, -0.1) is 0 Å². The molecule has 0 spiro atoms. The van der Waals surface area contributed by atoms with E-state index in [9.17, 15) is 14.4 Å². The molecule has 1 aromatic rings. The van der Waals surface area contributed by atoms with Gasteiger partial charge < -0.3 is 10.2 Å². The molecule has 6 nitrogen and oxygen atoms in total. The van der Waals surface area contributed by atoms with Crippen LogP contribution in [-0.4, -0.2) is 36.9 Å². The first-order valence-electron chi connectivity index (χ1n) is 7.65. The van der Waals surface area contributed by atoms with E-state index in [0.717, 1.165) is 25.9 Å². The maximum absolute atomic E-state index is 12.6. The highest BCUT2D eigenvalue weighted by Crippen LogP contribution is 2.24. The zero-order chi connectivity index (χ0) is 15.7. The van der Waals surface area contributed by atoms with Gasteiger partial charge in [0.1, 0.15) is 0 Å². The first-order valence-corrected chi connectivity index (χ1v) is 7.65. The number of imide groups is 1. The van der Waals surface area contributed by atoms with Crippen LogP contribution < -0.4 is 15.1 Å². The SMILES string of the molecule is CC(=O)Nc1ccc(N2C(=O)C[C@H]([NH+]3CCCC3)C2=O)cc1. The van der Waals surface area contributed by atoms with Crippen LogP contribution in [0.2, 0.25) is 0 Å². The van der Waals surface area contributed by atoms with Gasteiger partial charge in [-0.05, 0) is 24.3 Å². The van der Waals surface area contributed by atoms with Crippen molar-refractivity contribution in [2.45, 2.75) is 32.2 Å². The summed E-state index contributed by atoms with van der Waals surface area (Å²) in [5.41, 5.74) is 1.22. The van der Waals surface area contributed by atoms with Crippen molar-refractivity contribution in [2.24, 2.45) is 0 Å². The molecule has 0 aromatic heterocycles. The Bertz CT molecular complexity index is 606. The van der Waals surface area contributed by atoms with Gasteiger partial charge in [-0.1, -0.05) is 0 Å². The van der Waals surface area contributed by atoms with Gasteiger partial charge in [-0.3, -0.25) is 14.4 Å². The standard InChI is InChI=1S/C16H19N3O3/c1-11(20)17-12-4-6-13(7-5-12)19-15(21)10-14(16(19)22)18-8-2-3-9-18/h4-7,14H,2-3,8-10H2,1H3,(H,17,20)/p+1/t14-/m0/s1. The summed E-state index contributed by atoms with van der Waals surface area (Å²) >= 11 is 0. The maximum atomic E-state index is 12.6. The Morgan fingerprint density at radius 1 is 1.18 bits per heavy atom. The summed E-state index contributed by atoms with van der Waals surface area (Å²) in [6.07, 6.45) is 2.54. The number of quaternary nitrogens is 1. The molecule has 22 heavy (non-hydrogen) atoms. The number of nitrogens with zero attached hydrogens (tertiary/aromatic N) is 1. The highest BCUT2D eigenvalue weighted by Gasteiger charge is 2.46. The van der Waals surface area contributed by atoms with E-state index < -0.39 is 0 Å². The van der Waals surface area contributed by atoms with Crippen molar-refractivity contribution in [3.05, 3.63) is 24.3 Å². The van der Waals surface area contributed by atoms with E-state index >= 15 is 0 Å². The summed E-state index contributed by atoms with van der Waals surface area (Å²) in [5, 5.41) is 2.67. The van der Waals surface area contributed by atoms with Gasteiger partial charge in [0.2, 0.25) is 11.8 Å². The lowest BCUT2D eigenvalue weighted by molar-refractivity contribution is -0.902. The molecule has 0 unspecified atom stereocenters. The molecule has 2 N–H and O–H groups in total. The maximum Gasteiger partial charge on any atom is 0.292 e. The second-order valence-electron chi connectivity index (χ2n) is 5.92. The van der Waals surface area contributed by atoms with Crippen molar-refractivity contribution < 1.29 is 19.3 Å². The van der Waals surface area contributed by atoms with Gasteiger partial charge in [0.25, 0.3) is 5.91 Å². The van der Waals surface area contributed by atoms with Gasteiger partial charge in [-0.25, -0.2) is 4.90 Å². The average Bonchev–Trinajstić information content (AvgIpc) is 3.08. The molecule has 2 fully saturated rings. The third-order valence-corrected chi connectivity index (χ3v) is 4.33. The fraction of sp³-hybridized carbons (Fsp3) is 0.438. The third-order valence-electron chi connectivity index (χ3n) is 4.33. The zero-order valence-electron chi connectivity index (χ0n) is 12.6. The summed E-state index contributed by atoms with van der Waals surface area (Å²) in [7, 11) is 0. The van der Waals surface area contributed by atoms with E-state index in [1.54, 1.807) is 24.3 Å². The lowest BCUT2D eigenvalue weighted by atomic mass is 10.2. The lowest BCUT2D eigenvalue weighted by Gasteiger charge is -2.19. The Kier molecular flexibility index (Phi) is 3.94. The number of hydrogen-bond acceptors (Lipinski definition) is 3. The molecule has 3 amide bonds. The Morgan fingerprint density at radius 3 is 2.41 bits per heavy atom. The number of benzene rings is 1. The molecule has 116 valence electrons. The molecule has 1 atom stereocenters. The Morgan fingerprint density at radius 2 is 1.82 bits per heavy atom. The van der Waals surface area contributed by atoms with Crippen LogP contribution in [0.1, 0.15) is 26.2 Å². The number of carbonyl (C=O) groups is 3. The third kappa shape index (κ3) is 2.74. The summed E-state index contributed by atoms with van der Waals surface area (Å²) in [6.45, 7) is 3.38. The molecule has 2 heterocycles. The fourth-order valence-corrected chi connectivity index (χ4v) is 3.30. The largest absolute Gasteiger partial charge is 0.326 e. The van der Waals surface area contributed by atoms with Crippen LogP contribution in [0, 0.1) is 0 Å². The van der Waals surface area contributed by atoms with Gasteiger partial charge in [0.15, 0.2) is 6.04 Å². The highest BCUT2D eigenvalue weighted by atomic mass is 16.2. The van der Waals surface area contributed by atoms with Crippen LogP contribution >= 0.6 is 0 Å². The number of hydrogen-bond donors (Lipinski definition) is 2. The van der Waals surface area contributed by atoms with Crippen molar-refractivity contribution in [1.82, 2.24) is 0 Å². The molecule has 6 heteroatoms. The highest BCUT2D eigenvalue weighted by molar-refractivity contribution is 6.21. The van der Waals surface area contributed by atoms with Crippen molar-refractivity contribution in [3.63, 3.8) is 0 Å². The summed E-state index contributed by atoms with van der Waals surface area (Å²) in [4.78, 5) is 38.4. The minimum absolute atomic E-state index is 0.103. The number of rotatable bonds is 3. The zero-order valence-corrected chi connectivity index (χ0v) is 12.6. The van der Waals surface area contributed by atoms with E-state index in [1.807, 2.05) is 0 Å². The minimum atomic E-state index is -0.231. The first-order chi connectivity index (χ1) is 10.6. The van der Waals surface area contributed by atoms with Crippen molar-refractivity contribution in [2.75, 3.05) is 23.3 Å². The van der Waals surface area contributed by atoms with Gasteiger partial charge in [-0.2, -0.15) is 0 Å². The minimum Gasteiger partial charge on any atom is -0.326 e. The van der Waals surface area contributed by atoms with E-state index in [4.69, 9.17) is 0 Å². The second-order valence-corrected chi connectivity index (χ2v) is 5.92. The van der Waals surface area contributed by atoms with Crippen LogP contribution in [0.3, 0.4) is 0 Å². The van der Waals surface area contributed by atoms with Crippen molar-refractivity contribution in [1.29, 1.82) is 0 Å². The molecular weight excluding hydrogens is 282 g/mol. The van der Waals surface area contributed by atoms with E-state index in [0.29, 0.717) is 17.8 Å². The molecule has 3 rings (SSSR count).